The first kappa shape index (κ1) is 67.6. The van der Waals surface area contributed by atoms with Gasteiger partial charge in [-0.25, -0.2) is 0 Å². The van der Waals surface area contributed by atoms with Crippen LogP contribution in [0.4, 0.5) is 0 Å². The van der Waals surface area contributed by atoms with E-state index in [-0.39, 0.29) is 31.1 Å². The largest absolute Gasteiger partial charge is 0.462 e. The molecule has 0 saturated heterocycles. The number of hydrogen-bond acceptors (Lipinski definition) is 6. The first-order valence-electron chi connectivity index (χ1n) is 31.0. The molecule has 0 aromatic carbocycles. The van der Waals surface area contributed by atoms with Gasteiger partial charge in [-0.1, -0.05) is 276 Å². The van der Waals surface area contributed by atoms with Gasteiger partial charge >= 0.3 is 17.9 Å². The zero-order valence-electron chi connectivity index (χ0n) is 47.1. The molecule has 0 N–H and O–H groups in total. The van der Waals surface area contributed by atoms with Gasteiger partial charge in [0, 0.05) is 19.3 Å². The minimum Gasteiger partial charge on any atom is -0.462 e. The highest BCUT2D eigenvalue weighted by Crippen LogP contribution is 2.17. The maximum Gasteiger partial charge on any atom is 0.306 e. The number of allylic oxidation sites excluding steroid dienone is 6. The fourth-order valence-corrected chi connectivity index (χ4v) is 9.18. The van der Waals surface area contributed by atoms with Crippen LogP contribution >= 0.6 is 0 Å². The molecule has 0 aliphatic rings. The third-order valence-electron chi connectivity index (χ3n) is 13.9. The zero-order valence-corrected chi connectivity index (χ0v) is 47.1. The van der Waals surface area contributed by atoms with Crippen LogP contribution < -0.4 is 0 Å². The summed E-state index contributed by atoms with van der Waals surface area (Å²) in [5, 5.41) is 0. The number of esters is 3. The summed E-state index contributed by atoms with van der Waals surface area (Å²) in [6, 6.07) is 0. The molecule has 0 saturated carbocycles. The van der Waals surface area contributed by atoms with E-state index < -0.39 is 6.10 Å². The molecule has 0 radical (unpaired) electrons. The lowest BCUT2D eigenvalue weighted by atomic mass is 10.0. The summed E-state index contributed by atoms with van der Waals surface area (Å²) >= 11 is 0. The highest BCUT2D eigenvalue weighted by Gasteiger charge is 2.19. The Hall–Kier alpha value is -2.37. The number of carbonyl (C=O) groups excluding carboxylic acids is 3. The first-order chi connectivity index (χ1) is 34.5. The summed E-state index contributed by atoms with van der Waals surface area (Å²) in [6.45, 7) is 6.61. The number of carbonyl (C=O) groups is 3. The van der Waals surface area contributed by atoms with Crippen LogP contribution in [0.2, 0.25) is 0 Å². The van der Waals surface area contributed by atoms with E-state index in [0.29, 0.717) is 19.3 Å². The first-order valence-corrected chi connectivity index (χ1v) is 31.0. The van der Waals surface area contributed by atoms with Gasteiger partial charge in [0.1, 0.15) is 13.2 Å². The highest BCUT2D eigenvalue weighted by molar-refractivity contribution is 5.71. The van der Waals surface area contributed by atoms with Gasteiger partial charge in [-0.15, -0.1) is 0 Å². The van der Waals surface area contributed by atoms with Gasteiger partial charge in [-0.05, 0) is 77.0 Å². The second-order valence-electron chi connectivity index (χ2n) is 21.0. The Morgan fingerprint density at radius 2 is 0.514 bits per heavy atom. The molecule has 0 aliphatic heterocycles. The minimum atomic E-state index is -0.770. The van der Waals surface area contributed by atoms with Crippen molar-refractivity contribution in [3.8, 4) is 0 Å². The standard InChI is InChI=1S/C64H118O6/c1-4-7-10-13-16-18-20-22-24-25-26-27-28-29-30-31-32-33-34-35-36-37-38-39-40-42-43-45-48-51-54-57-63(66)69-60-61(59-68-62(65)56-53-50-47-15-12-9-6-3)70-64(67)58-55-52-49-46-44-41-23-21-19-17-14-11-8-5-2/h20-23,25-26,61H,4-19,24,27-60H2,1-3H3/b22-20-,23-21-,26-25-. The maximum absolute atomic E-state index is 12.8. The van der Waals surface area contributed by atoms with Crippen molar-refractivity contribution in [1.29, 1.82) is 0 Å². The van der Waals surface area contributed by atoms with Gasteiger partial charge in [0.25, 0.3) is 0 Å². The molecule has 410 valence electrons. The Bertz CT molecular complexity index is 1170. The van der Waals surface area contributed by atoms with Crippen molar-refractivity contribution >= 4 is 17.9 Å². The third-order valence-corrected chi connectivity index (χ3v) is 13.9. The fraction of sp³-hybridized carbons (Fsp3) is 0.859. The van der Waals surface area contributed by atoms with Gasteiger partial charge < -0.3 is 14.2 Å². The lowest BCUT2D eigenvalue weighted by Gasteiger charge is -2.18. The second-order valence-corrected chi connectivity index (χ2v) is 21.0. The van der Waals surface area contributed by atoms with E-state index in [4.69, 9.17) is 14.2 Å². The molecule has 0 amide bonds. The van der Waals surface area contributed by atoms with Gasteiger partial charge in [0.2, 0.25) is 0 Å². The molecular formula is C64H118O6. The van der Waals surface area contributed by atoms with Crippen molar-refractivity contribution in [2.24, 2.45) is 0 Å². The Kier molecular flexibility index (Phi) is 57.2. The predicted octanol–water partition coefficient (Wildman–Crippen LogP) is 20.8. The zero-order chi connectivity index (χ0) is 50.7. The van der Waals surface area contributed by atoms with Gasteiger partial charge in [-0.2, -0.15) is 0 Å². The molecule has 0 fully saturated rings. The normalized spacial score (nSPS) is 12.2. The van der Waals surface area contributed by atoms with Crippen LogP contribution in [-0.4, -0.2) is 37.2 Å². The maximum atomic E-state index is 12.8. The Morgan fingerprint density at radius 3 is 0.800 bits per heavy atom. The van der Waals surface area contributed by atoms with Gasteiger partial charge in [-0.3, -0.25) is 14.4 Å². The summed E-state index contributed by atoms with van der Waals surface area (Å²) in [5.41, 5.74) is 0. The summed E-state index contributed by atoms with van der Waals surface area (Å²) in [5.74, 6) is -0.870. The van der Waals surface area contributed by atoms with Crippen molar-refractivity contribution in [2.75, 3.05) is 13.2 Å². The molecule has 0 bridgehead atoms. The van der Waals surface area contributed by atoms with Crippen LogP contribution in [0.3, 0.4) is 0 Å². The van der Waals surface area contributed by atoms with E-state index in [1.807, 2.05) is 0 Å². The number of hydrogen-bond donors (Lipinski definition) is 0. The van der Waals surface area contributed by atoms with E-state index >= 15 is 0 Å². The third kappa shape index (κ3) is 56.5. The molecule has 6 heteroatoms. The molecule has 0 aliphatic carbocycles. The van der Waals surface area contributed by atoms with Crippen molar-refractivity contribution in [2.45, 2.75) is 341 Å². The van der Waals surface area contributed by atoms with E-state index in [9.17, 15) is 14.4 Å². The van der Waals surface area contributed by atoms with Gasteiger partial charge in [0.15, 0.2) is 6.10 Å². The van der Waals surface area contributed by atoms with Crippen molar-refractivity contribution < 1.29 is 28.6 Å². The molecular weight excluding hydrogens is 865 g/mol. The molecule has 1 atom stereocenters. The molecule has 6 nitrogen and oxygen atoms in total. The lowest BCUT2D eigenvalue weighted by molar-refractivity contribution is -0.167. The van der Waals surface area contributed by atoms with Crippen LogP contribution in [0.1, 0.15) is 335 Å². The van der Waals surface area contributed by atoms with Crippen molar-refractivity contribution in [3.05, 3.63) is 36.5 Å². The molecule has 0 spiro atoms. The van der Waals surface area contributed by atoms with E-state index in [1.165, 1.54) is 225 Å². The topological polar surface area (TPSA) is 78.9 Å². The Balaban J connectivity index is 3.98. The summed E-state index contributed by atoms with van der Waals surface area (Å²) in [6.07, 6.45) is 71.9. The fourth-order valence-electron chi connectivity index (χ4n) is 9.18. The van der Waals surface area contributed by atoms with Crippen LogP contribution in [0.15, 0.2) is 36.5 Å². The number of rotatable bonds is 57. The average molecular weight is 984 g/mol. The predicted molar refractivity (Wildman–Crippen MR) is 302 cm³/mol. The molecule has 0 heterocycles. The van der Waals surface area contributed by atoms with Crippen LogP contribution in [0.25, 0.3) is 0 Å². The molecule has 0 aromatic rings. The van der Waals surface area contributed by atoms with E-state index in [2.05, 4.69) is 57.2 Å². The lowest BCUT2D eigenvalue weighted by Crippen LogP contribution is -2.30. The molecule has 0 aromatic heterocycles. The highest BCUT2D eigenvalue weighted by atomic mass is 16.6. The van der Waals surface area contributed by atoms with Crippen molar-refractivity contribution in [1.82, 2.24) is 0 Å². The smallest absolute Gasteiger partial charge is 0.306 e. The monoisotopic (exact) mass is 983 g/mol. The van der Waals surface area contributed by atoms with Crippen molar-refractivity contribution in [3.63, 3.8) is 0 Å². The molecule has 70 heavy (non-hydrogen) atoms. The second kappa shape index (κ2) is 59.2. The number of unbranched alkanes of at least 4 members (excludes halogenated alkanes) is 40. The minimum absolute atomic E-state index is 0.0711. The summed E-state index contributed by atoms with van der Waals surface area (Å²) in [4.78, 5) is 37.9. The van der Waals surface area contributed by atoms with E-state index in [1.54, 1.807) is 0 Å². The van der Waals surface area contributed by atoms with Crippen LogP contribution in [-0.2, 0) is 28.6 Å². The SMILES string of the molecule is CCCCCCC/C=C\C/C=C\CCCCCCCCCCCCCCCCCCCCCC(=O)OCC(COC(=O)CCCCCCCCC)OC(=O)CCCCCCC/C=C\CCCCCCC. The quantitative estimate of drug-likeness (QED) is 0.0261. The Morgan fingerprint density at radius 1 is 0.286 bits per heavy atom. The van der Waals surface area contributed by atoms with Crippen LogP contribution in [0, 0.1) is 0 Å². The molecule has 0 rings (SSSR count). The van der Waals surface area contributed by atoms with E-state index in [0.717, 1.165) is 70.6 Å². The van der Waals surface area contributed by atoms with Gasteiger partial charge in [0.05, 0.1) is 0 Å². The Labute approximate surface area is 435 Å². The summed E-state index contributed by atoms with van der Waals surface area (Å²) in [7, 11) is 0. The summed E-state index contributed by atoms with van der Waals surface area (Å²) < 4.78 is 16.8. The molecule has 1 unspecified atom stereocenters. The van der Waals surface area contributed by atoms with Crippen LogP contribution in [0.5, 0.6) is 0 Å². The average Bonchev–Trinajstić information content (AvgIpc) is 3.36. The number of ether oxygens (including phenoxy) is 3.